The van der Waals surface area contributed by atoms with Gasteiger partial charge in [-0.3, -0.25) is 9.59 Å². The summed E-state index contributed by atoms with van der Waals surface area (Å²) in [6, 6.07) is 7.67. The molecule has 3 rings (SSSR count). The van der Waals surface area contributed by atoms with E-state index in [4.69, 9.17) is 0 Å². The lowest BCUT2D eigenvalue weighted by atomic mass is 9.88. The summed E-state index contributed by atoms with van der Waals surface area (Å²) in [5.41, 5.74) is 1.73. The van der Waals surface area contributed by atoms with Gasteiger partial charge < -0.3 is 14.4 Å². The van der Waals surface area contributed by atoms with E-state index >= 15 is 0 Å². The molecule has 0 N–H and O–H groups in total. The molecule has 1 unspecified atom stereocenters. The average Bonchev–Trinajstić information content (AvgIpc) is 3.00. The van der Waals surface area contributed by atoms with Gasteiger partial charge in [0.05, 0.1) is 12.5 Å². The number of aryl methyl sites for hydroxylation is 1. The molecule has 6 heteroatoms. The Morgan fingerprint density at radius 3 is 2.68 bits per heavy atom. The van der Waals surface area contributed by atoms with Crippen LogP contribution in [0.5, 0.6) is 0 Å². The van der Waals surface area contributed by atoms with Crippen LogP contribution >= 0.6 is 0 Å². The van der Waals surface area contributed by atoms with Crippen molar-refractivity contribution < 1.29 is 9.59 Å². The van der Waals surface area contributed by atoms with E-state index in [1.54, 1.807) is 18.1 Å². The highest BCUT2D eigenvalue weighted by Crippen LogP contribution is 2.36. The molecule has 0 fully saturated rings. The maximum atomic E-state index is 13.3. The van der Waals surface area contributed by atoms with Crippen molar-refractivity contribution in [1.82, 2.24) is 14.5 Å². The lowest BCUT2D eigenvalue weighted by Gasteiger charge is -2.35. The molecule has 0 spiro atoms. The van der Waals surface area contributed by atoms with Crippen LogP contribution < -0.4 is 4.90 Å². The fraction of sp³-hybridized carbons (Fsp3) is 0.421. The molecule has 2 amide bonds. The second kappa shape index (κ2) is 6.70. The molecule has 1 aliphatic heterocycles. The van der Waals surface area contributed by atoms with Gasteiger partial charge in [-0.1, -0.05) is 18.2 Å². The Labute approximate surface area is 148 Å². The Morgan fingerprint density at radius 2 is 2.04 bits per heavy atom. The van der Waals surface area contributed by atoms with Crippen molar-refractivity contribution in [2.75, 3.05) is 11.9 Å². The third-order valence-corrected chi connectivity index (χ3v) is 4.86. The Bertz CT molecular complexity index is 796. The molecule has 1 atom stereocenters. The molecular weight excluding hydrogens is 316 g/mol. The molecule has 25 heavy (non-hydrogen) atoms. The van der Waals surface area contributed by atoms with Crippen LogP contribution in [0.25, 0.3) is 0 Å². The lowest BCUT2D eigenvalue weighted by molar-refractivity contribution is -0.137. The second-order valence-electron chi connectivity index (χ2n) is 6.78. The van der Waals surface area contributed by atoms with Gasteiger partial charge >= 0.3 is 0 Å². The van der Waals surface area contributed by atoms with E-state index in [-0.39, 0.29) is 24.3 Å². The smallest absolute Gasteiger partial charge is 0.231 e. The first-order valence-electron chi connectivity index (χ1n) is 8.52. The number of carbonyl (C=O) groups is 2. The van der Waals surface area contributed by atoms with E-state index in [9.17, 15) is 9.59 Å². The van der Waals surface area contributed by atoms with Gasteiger partial charge in [-0.2, -0.15) is 0 Å². The Morgan fingerprint density at radius 1 is 1.32 bits per heavy atom. The van der Waals surface area contributed by atoms with Crippen molar-refractivity contribution >= 4 is 17.5 Å². The van der Waals surface area contributed by atoms with Gasteiger partial charge in [0.15, 0.2) is 0 Å². The van der Waals surface area contributed by atoms with Gasteiger partial charge in [-0.05, 0) is 25.5 Å². The van der Waals surface area contributed by atoms with Crippen molar-refractivity contribution in [2.24, 2.45) is 7.05 Å². The Kier molecular flexibility index (Phi) is 4.61. The highest BCUT2D eigenvalue weighted by molar-refractivity contribution is 6.02. The fourth-order valence-electron chi connectivity index (χ4n) is 3.28. The Balaban J connectivity index is 1.93. The van der Waals surface area contributed by atoms with Crippen LogP contribution in [0.1, 0.15) is 37.6 Å². The second-order valence-corrected chi connectivity index (χ2v) is 6.78. The van der Waals surface area contributed by atoms with Gasteiger partial charge in [-0.15, -0.1) is 0 Å². The monoisotopic (exact) mass is 340 g/mol. The number of nitrogens with zero attached hydrogens (tertiary/aromatic N) is 4. The largest absolute Gasteiger partial charge is 0.337 e. The number of fused-ring (bicyclic) bond motifs is 1. The summed E-state index contributed by atoms with van der Waals surface area (Å²) in [5.74, 6) is 0.335. The molecule has 2 aromatic rings. The van der Waals surface area contributed by atoms with Gasteiger partial charge in [-0.25, -0.2) is 4.98 Å². The number of aromatic nitrogens is 2. The van der Waals surface area contributed by atoms with Crippen LogP contribution in [0.2, 0.25) is 0 Å². The standard InChI is InChI=1S/C19H24N4O2/c1-13(2)23(12-17-20-9-10-21(17)3)19(25)15-11-18(24)22(4)16-8-6-5-7-14(15)16/h5-10,13,15H,11-12H2,1-4H3. The van der Waals surface area contributed by atoms with Crippen molar-refractivity contribution in [3.8, 4) is 0 Å². The number of hydrogen-bond donors (Lipinski definition) is 0. The highest BCUT2D eigenvalue weighted by Gasteiger charge is 2.36. The number of anilines is 1. The topological polar surface area (TPSA) is 58.4 Å². The first kappa shape index (κ1) is 17.2. The van der Waals surface area contributed by atoms with E-state index in [2.05, 4.69) is 4.98 Å². The zero-order valence-corrected chi connectivity index (χ0v) is 15.1. The number of hydrogen-bond acceptors (Lipinski definition) is 3. The highest BCUT2D eigenvalue weighted by atomic mass is 16.2. The minimum absolute atomic E-state index is 0.0196. The maximum absolute atomic E-state index is 13.3. The predicted molar refractivity (Wildman–Crippen MR) is 96.1 cm³/mol. The summed E-state index contributed by atoms with van der Waals surface area (Å²) in [6.07, 6.45) is 3.80. The minimum Gasteiger partial charge on any atom is -0.337 e. The molecule has 0 saturated carbocycles. The number of rotatable bonds is 4. The normalized spacial score (nSPS) is 16.9. The van der Waals surface area contributed by atoms with E-state index < -0.39 is 5.92 Å². The van der Waals surface area contributed by atoms with Crippen molar-refractivity contribution in [2.45, 2.75) is 38.8 Å². The number of para-hydroxylation sites is 1. The summed E-state index contributed by atoms with van der Waals surface area (Å²) in [4.78, 5) is 33.5. The molecule has 0 bridgehead atoms. The third kappa shape index (κ3) is 3.16. The quantitative estimate of drug-likeness (QED) is 0.858. The van der Waals surface area contributed by atoms with Crippen molar-refractivity contribution in [3.63, 3.8) is 0 Å². The molecule has 1 aliphatic rings. The molecular formula is C19H24N4O2. The van der Waals surface area contributed by atoms with Gasteiger partial charge in [0.2, 0.25) is 11.8 Å². The predicted octanol–water partition coefficient (Wildman–Crippen LogP) is 2.31. The molecule has 1 aromatic heterocycles. The lowest BCUT2D eigenvalue weighted by Crippen LogP contribution is -2.44. The van der Waals surface area contributed by atoms with Crippen LogP contribution in [0.4, 0.5) is 5.69 Å². The van der Waals surface area contributed by atoms with Crippen LogP contribution in [0.15, 0.2) is 36.7 Å². The molecule has 0 saturated heterocycles. The average molecular weight is 340 g/mol. The van der Waals surface area contributed by atoms with E-state index in [0.29, 0.717) is 6.54 Å². The molecule has 1 aromatic carbocycles. The van der Waals surface area contributed by atoms with Crippen molar-refractivity contribution in [3.05, 3.63) is 48.0 Å². The van der Waals surface area contributed by atoms with E-state index in [1.165, 1.54) is 0 Å². The molecule has 0 aliphatic carbocycles. The summed E-state index contributed by atoms with van der Waals surface area (Å²) in [5, 5.41) is 0. The maximum Gasteiger partial charge on any atom is 0.231 e. The fourth-order valence-corrected chi connectivity index (χ4v) is 3.28. The minimum atomic E-state index is -0.442. The van der Waals surface area contributed by atoms with Gasteiger partial charge in [0, 0.05) is 44.6 Å². The number of imidazole rings is 1. The molecule has 0 radical (unpaired) electrons. The summed E-state index contributed by atoms with van der Waals surface area (Å²) >= 11 is 0. The SMILES string of the molecule is CC(C)N(Cc1nccn1C)C(=O)C1CC(=O)N(C)c2ccccc21. The molecule has 6 nitrogen and oxygen atoms in total. The van der Waals surface area contributed by atoms with Crippen molar-refractivity contribution in [1.29, 1.82) is 0 Å². The van der Waals surface area contributed by atoms with Crippen LogP contribution in [-0.2, 0) is 23.2 Å². The zero-order valence-electron chi connectivity index (χ0n) is 15.1. The molecule has 132 valence electrons. The van der Waals surface area contributed by atoms with Gasteiger partial charge in [0.1, 0.15) is 5.82 Å². The first-order valence-corrected chi connectivity index (χ1v) is 8.52. The van der Waals surface area contributed by atoms with Crippen LogP contribution in [0.3, 0.4) is 0 Å². The zero-order chi connectivity index (χ0) is 18.1. The van der Waals surface area contributed by atoms with Crippen LogP contribution in [0, 0.1) is 0 Å². The Hall–Kier alpha value is -2.63. The van der Waals surface area contributed by atoms with E-state index in [1.807, 2.05) is 60.8 Å². The van der Waals surface area contributed by atoms with Crippen LogP contribution in [-0.4, -0.2) is 39.4 Å². The molecule has 2 heterocycles. The number of benzene rings is 1. The summed E-state index contributed by atoms with van der Waals surface area (Å²) in [6.45, 7) is 4.41. The van der Waals surface area contributed by atoms with Gasteiger partial charge in [0.25, 0.3) is 0 Å². The number of amides is 2. The first-order chi connectivity index (χ1) is 11.9. The van der Waals surface area contributed by atoms with E-state index in [0.717, 1.165) is 17.1 Å². The number of carbonyl (C=O) groups excluding carboxylic acids is 2. The third-order valence-electron chi connectivity index (χ3n) is 4.86. The summed E-state index contributed by atoms with van der Waals surface area (Å²) in [7, 11) is 3.68. The summed E-state index contributed by atoms with van der Waals surface area (Å²) < 4.78 is 1.91.